The van der Waals surface area contributed by atoms with Crippen molar-refractivity contribution >= 4 is 16.9 Å². The van der Waals surface area contributed by atoms with Crippen molar-refractivity contribution in [1.29, 1.82) is 0 Å². The summed E-state index contributed by atoms with van der Waals surface area (Å²) in [6, 6.07) is 1.92. The van der Waals surface area contributed by atoms with Gasteiger partial charge in [0.15, 0.2) is 0 Å². The van der Waals surface area contributed by atoms with Crippen LogP contribution in [0.1, 0.15) is 34.0 Å². The Balaban J connectivity index is 2.50. The third-order valence-electron chi connectivity index (χ3n) is 3.33. The lowest BCUT2D eigenvalue weighted by Gasteiger charge is -2.08. The van der Waals surface area contributed by atoms with E-state index in [1.54, 1.807) is 6.26 Å². The molecular weight excluding hydrogens is 204 g/mol. The molecule has 0 bridgehead atoms. The zero-order valence-corrected chi connectivity index (χ0v) is 9.29. The third-order valence-corrected chi connectivity index (χ3v) is 3.33. The van der Waals surface area contributed by atoms with Gasteiger partial charge >= 0.3 is 5.97 Å². The van der Waals surface area contributed by atoms with Gasteiger partial charge in [0.1, 0.15) is 17.8 Å². The van der Waals surface area contributed by atoms with E-state index < -0.39 is 0 Å². The molecule has 0 spiro atoms. The van der Waals surface area contributed by atoms with Gasteiger partial charge in [-0.05, 0) is 30.5 Å². The van der Waals surface area contributed by atoms with Crippen LogP contribution in [0.15, 0.2) is 16.7 Å². The van der Waals surface area contributed by atoms with Gasteiger partial charge in [0, 0.05) is 10.9 Å². The van der Waals surface area contributed by atoms with Crippen LogP contribution in [0.25, 0.3) is 11.0 Å². The molecule has 0 amide bonds. The monoisotopic (exact) mass is 216 g/mol. The topological polar surface area (TPSA) is 39.4 Å². The number of aryl methyl sites for hydroxylation is 1. The highest BCUT2D eigenvalue weighted by atomic mass is 16.5. The predicted molar refractivity (Wildman–Crippen MR) is 59.4 cm³/mol. The van der Waals surface area contributed by atoms with Gasteiger partial charge in [-0.25, -0.2) is 4.79 Å². The van der Waals surface area contributed by atoms with Crippen LogP contribution in [0.3, 0.4) is 0 Å². The highest BCUT2D eigenvalue weighted by Gasteiger charge is 2.29. The molecule has 1 aliphatic heterocycles. The van der Waals surface area contributed by atoms with Gasteiger partial charge in [0.05, 0.1) is 6.26 Å². The smallest absolute Gasteiger partial charge is 0.342 e. The minimum Gasteiger partial charge on any atom is -0.463 e. The number of rotatable bonds is 1. The first-order valence-corrected chi connectivity index (χ1v) is 5.42. The summed E-state index contributed by atoms with van der Waals surface area (Å²) in [5.74, 6) is -0.263. The van der Waals surface area contributed by atoms with E-state index in [1.165, 1.54) is 5.56 Å². The number of carbonyl (C=O) groups excluding carboxylic acids is 1. The average molecular weight is 216 g/mol. The second-order valence-electron chi connectivity index (χ2n) is 4.05. The molecule has 3 heteroatoms. The Hall–Kier alpha value is -1.77. The van der Waals surface area contributed by atoms with E-state index in [1.807, 2.05) is 13.0 Å². The molecule has 0 saturated heterocycles. The molecule has 16 heavy (non-hydrogen) atoms. The first-order chi connectivity index (χ1) is 7.74. The molecule has 0 atom stereocenters. The summed E-state index contributed by atoms with van der Waals surface area (Å²) < 4.78 is 10.5. The van der Waals surface area contributed by atoms with Crippen molar-refractivity contribution in [3.05, 3.63) is 34.6 Å². The summed E-state index contributed by atoms with van der Waals surface area (Å²) in [4.78, 5) is 11.6. The Labute approximate surface area is 93.0 Å². The van der Waals surface area contributed by atoms with Gasteiger partial charge in [0.2, 0.25) is 0 Å². The van der Waals surface area contributed by atoms with Gasteiger partial charge < -0.3 is 9.15 Å². The fourth-order valence-electron chi connectivity index (χ4n) is 2.51. The maximum absolute atomic E-state index is 11.6. The maximum Gasteiger partial charge on any atom is 0.342 e. The highest BCUT2D eigenvalue weighted by molar-refractivity contribution is 6.06. The molecule has 2 aromatic rings. The van der Waals surface area contributed by atoms with Gasteiger partial charge in [-0.2, -0.15) is 0 Å². The van der Waals surface area contributed by atoms with Gasteiger partial charge in [-0.15, -0.1) is 0 Å². The predicted octanol–water partition coefficient (Wildman–Crippen LogP) is 2.97. The molecule has 1 aromatic heterocycles. The molecule has 2 heterocycles. The second kappa shape index (κ2) is 3.11. The molecule has 3 nitrogen and oxygen atoms in total. The second-order valence-corrected chi connectivity index (χ2v) is 4.05. The zero-order chi connectivity index (χ0) is 11.3. The van der Waals surface area contributed by atoms with E-state index in [0.29, 0.717) is 17.8 Å². The lowest BCUT2D eigenvalue weighted by Crippen LogP contribution is -1.98. The minimum atomic E-state index is -0.263. The van der Waals surface area contributed by atoms with E-state index >= 15 is 0 Å². The van der Waals surface area contributed by atoms with Crippen molar-refractivity contribution in [2.24, 2.45) is 0 Å². The maximum atomic E-state index is 11.6. The Bertz CT molecular complexity index is 593. The molecule has 0 unspecified atom stereocenters. The standard InChI is InChI=1S/C13H12O3/c1-3-8-7(2)10-6-16-13(14)11(10)12-9(8)4-5-15-12/h4-5H,3,6H2,1-2H3. The summed E-state index contributed by atoms with van der Waals surface area (Å²) in [7, 11) is 0. The average Bonchev–Trinajstić information content (AvgIpc) is 2.85. The van der Waals surface area contributed by atoms with Crippen LogP contribution in [-0.4, -0.2) is 5.97 Å². The minimum absolute atomic E-state index is 0.263. The van der Waals surface area contributed by atoms with E-state index in [-0.39, 0.29) is 5.97 Å². The molecule has 0 fully saturated rings. The zero-order valence-electron chi connectivity index (χ0n) is 9.29. The summed E-state index contributed by atoms with van der Waals surface area (Å²) in [6.07, 6.45) is 2.57. The van der Waals surface area contributed by atoms with Crippen LogP contribution >= 0.6 is 0 Å². The Kier molecular flexibility index (Phi) is 1.84. The first kappa shape index (κ1) is 9.46. The van der Waals surface area contributed by atoms with Gasteiger partial charge in [0.25, 0.3) is 0 Å². The van der Waals surface area contributed by atoms with Crippen LogP contribution in [0.4, 0.5) is 0 Å². The summed E-state index contributed by atoms with van der Waals surface area (Å²) in [6.45, 7) is 4.54. The fraction of sp³-hybridized carbons (Fsp3) is 0.308. The van der Waals surface area contributed by atoms with Crippen LogP contribution in [0, 0.1) is 6.92 Å². The number of benzene rings is 1. The van der Waals surface area contributed by atoms with Crippen LogP contribution in [0.5, 0.6) is 0 Å². The quantitative estimate of drug-likeness (QED) is 0.688. The summed E-state index contributed by atoms with van der Waals surface area (Å²) in [5, 5.41) is 1.04. The molecule has 0 aliphatic carbocycles. The van der Waals surface area contributed by atoms with E-state index in [9.17, 15) is 4.79 Å². The van der Waals surface area contributed by atoms with Crippen molar-refractivity contribution in [2.45, 2.75) is 26.9 Å². The first-order valence-electron chi connectivity index (χ1n) is 5.42. The van der Waals surface area contributed by atoms with Crippen LogP contribution in [-0.2, 0) is 17.8 Å². The van der Waals surface area contributed by atoms with Crippen molar-refractivity contribution in [3.8, 4) is 0 Å². The number of hydrogen-bond acceptors (Lipinski definition) is 3. The number of cyclic esters (lactones) is 1. The SMILES string of the molecule is CCc1c(C)c2c(c3occc13)C(=O)OC2. The van der Waals surface area contributed by atoms with Crippen LogP contribution in [0.2, 0.25) is 0 Å². The third kappa shape index (κ3) is 1.00. The number of ether oxygens (including phenoxy) is 1. The highest BCUT2D eigenvalue weighted by Crippen LogP contribution is 2.35. The van der Waals surface area contributed by atoms with Crippen LogP contribution < -0.4 is 0 Å². The van der Waals surface area contributed by atoms with Gasteiger partial charge in [-0.3, -0.25) is 0 Å². The van der Waals surface area contributed by atoms with Crippen molar-refractivity contribution in [3.63, 3.8) is 0 Å². The van der Waals surface area contributed by atoms with Crippen molar-refractivity contribution in [2.75, 3.05) is 0 Å². The number of esters is 1. The van der Waals surface area contributed by atoms with Crippen molar-refractivity contribution < 1.29 is 13.9 Å². The molecule has 1 aliphatic rings. The molecule has 0 N–H and O–H groups in total. The fourth-order valence-corrected chi connectivity index (χ4v) is 2.51. The molecule has 0 saturated carbocycles. The molecule has 3 rings (SSSR count). The Morgan fingerprint density at radius 2 is 2.25 bits per heavy atom. The number of carbonyl (C=O) groups is 1. The molecule has 1 aromatic carbocycles. The van der Waals surface area contributed by atoms with E-state index in [0.717, 1.165) is 22.9 Å². The summed E-state index contributed by atoms with van der Waals surface area (Å²) >= 11 is 0. The number of fused-ring (bicyclic) bond motifs is 3. The lowest BCUT2D eigenvalue weighted by atomic mass is 9.93. The number of hydrogen-bond donors (Lipinski definition) is 0. The molecule has 0 radical (unpaired) electrons. The summed E-state index contributed by atoms with van der Waals surface area (Å²) in [5.41, 5.74) is 4.71. The normalized spacial score (nSPS) is 14.2. The van der Waals surface area contributed by atoms with E-state index in [4.69, 9.17) is 9.15 Å². The molecule has 82 valence electrons. The van der Waals surface area contributed by atoms with Gasteiger partial charge in [-0.1, -0.05) is 6.92 Å². The van der Waals surface area contributed by atoms with Crippen molar-refractivity contribution in [1.82, 2.24) is 0 Å². The largest absolute Gasteiger partial charge is 0.463 e. The lowest BCUT2D eigenvalue weighted by molar-refractivity contribution is 0.0535. The number of furan rings is 1. The Morgan fingerprint density at radius 1 is 1.44 bits per heavy atom. The molecular formula is C13H12O3. The van der Waals surface area contributed by atoms with E-state index in [2.05, 4.69) is 6.92 Å². The Morgan fingerprint density at radius 3 is 3.00 bits per heavy atom.